The molecule has 0 saturated heterocycles. The third-order valence-electron chi connectivity index (χ3n) is 4.95. The lowest BCUT2D eigenvalue weighted by molar-refractivity contribution is -0.123. The number of carbonyl (C=O) groups excluding carboxylic acids is 2. The van der Waals surface area contributed by atoms with E-state index in [0.717, 1.165) is 22.9 Å². The Balaban J connectivity index is 1.70. The molecule has 3 rings (SSSR count). The number of aryl methyl sites for hydroxylation is 2. The van der Waals surface area contributed by atoms with Gasteiger partial charge in [0.2, 0.25) is 10.0 Å². The zero-order valence-corrected chi connectivity index (χ0v) is 17.7. The molecule has 1 amide bonds. The molecule has 1 aliphatic rings. The molecule has 1 atom stereocenters. The number of benzene rings is 2. The SMILES string of the molecule is Cc1cccc(C)c1NC(=O)[C@@H](C)OC(=O)c1ccc2c(c1)CCN2S(C)(=O)=O. The number of nitrogens with one attached hydrogen (secondary N) is 1. The zero-order valence-electron chi connectivity index (χ0n) is 16.9. The molecule has 0 unspecified atom stereocenters. The normalized spacial score (nSPS) is 14.3. The lowest BCUT2D eigenvalue weighted by atomic mass is 10.1. The molecule has 0 spiro atoms. The maximum absolute atomic E-state index is 12.5. The van der Waals surface area contributed by atoms with E-state index in [1.54, 1.807) is 12.1 Å². The third-order valence-corrected chi connectivity index (χ3v) is 6.13. The number of esters is 1. The van der Waals surface area contributed by atoms with Crippen LogP contribution in [0.1, 0.15) is 34.0 Å². The van der Waals surface area contributed by atoms with Crippen molar-refractivity contribution in [2.24, 2.45) is 0 Å². The van der Waals surface area contributed by atoms with Crippen molar-refractivity contribution >= 4 is 33.3 Å². The summed E-state index contributed by atoms with van der Waals surface area (Å²) in [5.41, 5.74) is 4.17. The van der Waals surface area contributed by atoms with Gasteiger partial charge in [-0.05, 0) is 62.1 Å². The Kier molecular flexibility index (Phi) is 5.66. The Morgan fingerprint density at radius 2 is 1.79 bits per heavy atom. The number of anilines is 2. The standard InChI is InChI=1S/C21H24N2O5S/c1-13-6-5-7-14(2)19(13)22-20(24)15(3)28-21(25)17-8-9-18-16(12-17)10-11-23(18)29(4,26)27/h5-9,12,15H,10-11H2,1-4H3,(H,22,24)/t15-/m1/s1. The fraction of sp³-hybridized carbons (Fsp3) is 0.333. The van der Waals surface area contributed by atoms with Crippen LogP contribution in [0.3, 0.4) is 0 Å². The first-order chi connectivity index (χ1) is 13.6. The minimum Gasteiger partial charge on any atom is -0.449 e. The molecule has 0 saturated carbocycles. The number of rotatable bonds is 5. The van der Waals surface area contributed by atoms with Gasteiger partial charge in [-0.1, -0.05) is 18.2 Å². The molecule has 7 nitrogen and oxygen atoms in total. The molecule has 0 bridgehead atoms. The maximum atomic E-state index is 12.5. The highest BCUT2D eigenvalue weighted by Crippen LogP contribution is 2.31. The summed E-state index contributed by atoms with van der Waals surface area (Å²) in [6, 6.07) is 10.4. The quantitative estimate of drug-likeness (QED) is 0.757. The van der Waals surface area contributed by atoms with E-state index in [-0.39, 0.29) is 5.56 Å². The highest BCUT2D eigenvalue weighted by Gasteiger charge is 2.27. The van der Waals surface area contributed by atoms with Gasteiger partial charge in [-0.25, -0.2) is 13.2 Å². The predicted molar refractivity (Wildman–Crippen MR) is 112 cm³/mol. The van der Waals surface area contributed by atoms with Crippen LogP contribution in [0.15, 0.2) is 36.4 Å². The number of hydrogen-bond donors (Lipinski definition) is 1. The second-order valence-electron chi connectivity index (χ2n) is 7.23. The second kappa shape index (κ2) is 7.87. The Labute approximate surface area is 170 Å². The fourth-order valence-electron chi connectivity index (χ4n) is 3.36. The summed E-state index contributed by atoms with van der Waals surface area (Å²) in [6.07, 6.45) is 0.689. The van der Waals surface area contributed by atoms with Crippen molar-refractivity contribution < 1.29 is 22.7 Å². The second-order valence-corrected chi connectivity index (χ2v) is 9.14. The number of para-hydroxylation sites is 1. The summed E-state index contributed by atoms with van der Waals surface area (Å²) in [4.78, 5) is 25.0. The molecule has 154 valence electrons. The number of sulfonamides is 1. The van der Waals surface area contributed by atoms with E-state index >= 15 is 0 Å². The summed E-state index contributed by atoms with van der Waals surface area (Å²) in [5, 5.41) is 2.81. The first-order valence-electron chi connectivity index (χ1n) is 9.26. The topological polar surface area (TPSA) is 92.8 Å². The first kappa shape index (κ1) is 20.9. The molecule has 1 aliphatic heterocycles. The van der Waals surface area contributed by atoms with Crippen molar-refractivity contribution in [2.75, 3.05) is 22.4 Å². The molecule has 1 heterocycles. The minimum absolute atomic E-state index is 0.283. The van der Waals surface area contributed by atoms with Gasteiger partial charge in [-0.2, -0.15) is 0 Å². The number of ether oxygens (including phenoxy) is 1. The molecule has 0 aliphatic carbocycles. The number of fused-ring (bicyclic) bond motifs is 1. The van der Waals surface area contributed by atoms with Crippen molar-refractivity contribution in [1.82, 2.24) is 0 Å². The van der Waals surface area contributed by atoms with Crippen LogP contribution in [0, 0.1) is 13.8 Å². The first-order valence-corrected chi connectivity index (χ1v) is 11.1. The average molecular weight is 416 g/mol. The van der Waals surface area contributed by atoms with Crippen molar-refractivity contribution in [3.63, 3.8) is 0 Å². The van der Waals surface area contributed by atoms with Crippen LogP contribution in [0.2, 0.25) is 0 Å². The van der Waals surface area contributed by atoms with Gasteiger partial charge in [0.05, 0.1) is 17.5 Å². The smallest absolute Gasteiger partial charge is 0.338 e. The van der Waals surface area contributed by atoms with Gasteiger partial charge < -0.3 is 10.1 Å². The van der Waals surface area contributed by atoms with E-state index in [1.807, 2.05) is 32.0 Å². The highest BCUT2D eigenvalue weighted by molar-refractivity contribution is 7.92. The lowest BCUT2D eigenvalue weighted by Gasteiger charge is -2.17. The average Bonchev–Trinajstić information content (AvgIpc) is 3.08. The molecular formula is C21H24N2O5S. The van der Waals surface area contributed by atoms with Crippen molar-refractivity contribution in [2.45, 2.75) is 33.3 Å². The highest BCUT2D eigenvalue weighted by atomic mass is 32.2. The van der Waals surface area contributed by atoms with Gasteiger partial charge in [-0.15, -0.1) is 0 Å². The van der Waals surface area contributed by atoms with Gasteiger partial charge in [0, 0.05) is 12.2 Å². The molecular weight excluding hydrogens is 392 g/mol. The van der Waals surface area contributed by atoms with E-state index in [1.165, 1.54) is 17.3 Å². The number of nitrogens with zero attached hydrogens (tertiary/aromatic N) is 1. The van der Waals surface area contributed by atoms with Crippen molar-refractivity contribution in [3.8, 4) is 0 Å². The van der Waals surface area contributed by atoms with Crippen LogP contribution in [0.5, 0.6) is 0 Å². The lowest BCUT2D eigenvalue weighted by Crippen LogP contribution is -2.30. The molecule has 1 N–H and O–H groups in total. The van der Waals surface area contributed by atoms with E-state index in [0.29, 0.717) is 24.3 Å². The fourth-order valence-corrected chi connectivity index (χ4v) is 4.32. The van der Waals surface area contributed by atoms with Gasteiger partial charge in [-0.3, -0.25) is 9.10 Å². The van der Waals surface area contributed by atoms with E-state index in [4.69, 9.17) is 4.74 Å². The molecule has 8 heteroatoms. The summed E-state index contributed by atoms with van der Waals surface area (Å²) < 4.78 is 30.3. The Morgan fingerprint density at radius 1 is 1.14 bits per heavy atom. The number of carbonyl (C=O) groups is 2. The molecule has 2 aromatic carbocycles. The molecule has 2 aromatic rings. The summed E-state index contributed by atoms with van der Waals surface area (Å²) in [6.45, 7) is 5.65. The molecule has 0 fully saturated rings. The van der Waals surface area contributed by atoms with Crippen LogP contribution >= 0.6 is 0 Å². The Morgan fingerprint density at radius 3 is 2.41 bits per heavy atom. The van der Waals surface area contributed by atoms with Crippen LogP contribution < -0.4 is 9.62 Å². The van der Waals surface area contributed by atoms with Crippen LogP contribution in [0.4, 0.5) is 11.4 Å². The van der Waals surface area contributed by atoms with E-state index < -0.39 is 28.0 Å². The largest absolute Gasteiger partial charge is 0.449 e. The number of hydrogen-bond acceptors (Lipinski definition) is 5. The van der Waals surface area contributed by atoms with Gasteiger partial charge in [0.25, 0.3) is 5.91 Å². The van der Waals surface area contributed by atoms with Gasteiger partial charge in [0.1, 0.15) is 0 Å². The summed E-state index contributed by atoms with van der Waals surface area (Å²) >= 11 is 0. The monoisotopic (exact) mass is 416 g/mol. The number of amides is 1. The molecule has 0 aromatic heterocycles. The van der Waals surface area contributed by atoms with Crippen LogP contribution in [-0.2, 0) is 26.0 Å². The Bertz CT molecular complexity index is 1060. The van der Waals surface area contributed by atoms with Crippen molar-refractivity contribution in [1.29, 1.82) is 0 Å². The van der Waals surface area contributed by atoms with Crippen molar-refractivity contribution in [3.05, 3.63) is 58.7 Å². The van der Waals surface area contributed by atoms with Crippen LogP contribution in [-0.4, -0.2) is 39.2 Å². The van der Waals surface area contributed by atoms with Gasteiger partial charge >= 0.3 is 5.97 Å². The van der Waals surface area contributed by atoms with E-state index in [2.05, 4.69) is 5.32 Å². The van der Waals surface area contributed by atoms with Gasteiger partial charge in [0.15, 0.2) is 6.10 Å². The minimum atomic E-state index is -3.35. The van der Waals surface area contributed by atoms with Crippen LogP contribution in [0.25, 0.3) is 0 Å². The molecule has 0 radical (unpaired) electrons. The van der Waals surface area contributed by atoms with E-state index in [9.17, 15) is 18.0 Å². The Hall–Kier alpha value is -2.87. The third kappa shape index (κ3) is 4.42. The maximum Gasteiger partial charge on any atom is 0.338 e. The summed E-state index contributed by atoms with van der Waals surface area (Å²) in [5.74, 6) is -1.05. The zero-order chi connectivity index (χ0) is 21.3. The predicted octanol–water partition coefficient (Wildman–Crippen LogP) is 2.81. The molecule has 29 heavy (non-hydrogen) atoms. The summed E-state index contributed by atoms with van der Waals surface area (Å²) in [7, 11) is -3.35.